The lowest BCUT2D eigenvalue weighted by Gasteiger charge is -2.06. The first kappa shape index (κ1) is 14.7. The second-order valence-corrected chi connectivity index (χ2v) is 3.69. The minimum absolute atomic E-state index is 0.227. The Balaban J connectivity index is 2.00. The highest BCUT2D eigenvalue weighted by molar-refractivity contribution is 5.72. The van der Waals surface area contributed by atoms with E-state index in [-0.39, 0.29) is 12.6 Å². The van der Waals surface area contributed by atoms with Gasteiger partial charge in [0.1, 0.15) is 6.61 Å². The van der Waals surface area contributed by atoms with Gasteiger partial charge in [-0.1, -0.05) is 30.3 Å². The molecule has 100 valence electrons. The molecule has 1 aromatic carbocycles. The molecule has 0 bridgehead atoms. The third-order valence-corrected chi connectivity index (χ3v) is 2.26. The number of carbonyl (C=O) groups excluding carboxylic acids is 1. The van der Waals surface area contributed by atoms with Crippen LogP contribution in [0.5, 0.6) is 0 Å². The van der Waals surface area contributed by atoms with Crippen LogP contribution < -0.4 is 0 Å². The number of rotatable bonds is 9. The van der Waals surface area contributed by atoms with Crippen molar-refractivity contribution in [3.8, 4) is 0 Å². The van der Waals surface area contributed by atoms with E-state index >= 15 is 0 Å². The number of benzene rings is 1. The van der Waals surface area contributed by atoms with E-state index in [1.54, 1.807) is 0 Å². The highest BCUT2D eigenvalue weighted by atomic mass is 16.6. The number of ether oxygens (including phenoxy) is 3. The molecular formula is C14H20O4. The SMILES string of the molecule is CCOCCOCCOC(=O)Cc1ccccc1. The molecule has 1 rings (SSSR count). The fraction of sp³-hybridized carbons (Fsp3) is 0.500. The molecule has 18 heavy (non-hydrogen) atoms. The van der Waals surface area contributed by atoms with Gasteiger partial charge in [-0.15, -0.1) is 0 Å². The van der Waals surface area contributed by atoms with E-state index in [9.17, 15) is 4.79 Å². The molecular weight excluding hydrogens is 232 g/mol. The summed E-state index contributed by atoms with van der Waals surface area (Å²) in [4.78, 5) is 11.4. The Bertz CT molecular complexity index is 324. The number of carbonyl (C=O) groups is 1. The predicted molar refractivity (Wildman–Crippen MR) is 68.4 cm³/mol. The average molecular weight is 252 g/mol. The normalized spacial score (nSPS) is 10.3. The molecule has 1 aromatic rings. The van der Waals surface area contributed by atoms with E-state index in [1.807, 2.05) is 37.3 Å². The van der Waals surface area contributed by atoms with Crippen LogP contribution in [-0.4, -0.2) is 39.0 Å². The maximum atomic E-state index is 11.4. The Morgan fingerprint density at radius 1 is 1.00 bits per heavy atom. The van der Waals surface area contributed by atoms with Crippen LogP contribution in [0.4, 0.5) is 0 Å². The smallest absolute Gasteiger partial charge is 0.310 e. The molecule has 0 unspecified atom stereocenters. The molecule has 0 fully saturated rings. The topological polar surface area (TPSA) is 44.8 Å². The molecule has 4 nitrogen and oxygen atoms in total. The highest BCUT2D eigenvalue weighted by Crippen LogP contribution is 2.00. The van der Waals surface area contributed by atoms with Gasteiger partial charge in [0.05, 0.1) is 26.2 Å². The summed E-state index contributed by atoms with van der Waals surface area (Å²) in [5.41, 5.74) is 0.958. The monoisotopic (exact) mass is 252 g/mol. The fourth-order valence-corrected chi connectivity index (χ4v) is 1.39. The number of hydrogen-bond donors (Lipinski definition) is 0. The molecule has 0 aliphatic heterocycles. The van der Waals surface area contributed by atoms with E-state index in [1.165, 1.54) is 0 Å². The van der Waals surface area contributed by atoms with Crippen molar-refractivity contribution in [1.29, 1.82) is 0 Å². The third kappa shape index (κ3) is 7.04. The average Bonchev–Trinajstić information content (AvgIpc) is 2.39. The van der Waals surface area contributed by atoms with Crippen LogP contribution in [0, 0.1) is 0 Å². The summed E-state index contributed by atoms with van der Waals surface area (Å²) in [6.45, 7) is 4.44. The first-order valence-electron chi connectivity index (χ1n) is 6.18. The van der Waals surface area contributed by atoms with Crippen molar-refractivity contribution >= 4 is 5.97 Å². The second kappa shape index (κ2) is 9.62. The van der Waals surface area contributed by atoms with Crippen LogP contribution in [0.2, 0.25) is 0 Å². The Morgan fingerprint density at radius 2 is 1.67 bits per heavy atom. The Morgan fingerprint density at radius 3 is 2.39 bits per heavy atom. The molecule has 0 spiro atoms. The lowest BCUT2D eigenvalue weighted by molar-refractivity contribution is -0.144. The minimum atomic E-state index is -0.227. The van der Waals surface area contributed by atoms with Crippen LogP contribution in [0.3, 0.4) is 0 Å². The largest absolute Gasteiger partial charge is 0.463 e. The van der Waals surface area contributed by atoms with Gasteiger partial charge in [-0.3, -0.25) is 4.79 Å². The van der Waals surface area contributed by atoms with Crippen LogP contribution in [0.1, 0.15) is 12.5 Å². The molecule has 0 heterocycles. The standard InChI is InChI=1S/C14H20O4/c1-2-16-8-9-17-10-11-18-14(15)12-13-6-4-3-5-7-13/h3-7H,2,8-12H2,1H3. The summed E-state index contributed by atoms with van der Waals surface area (Å²) in [7, 11) is 0. The number of hydrogen-bond acceptors (Lipinski definition) is 4. The Kier molecular flexibility index (Phi) is 7.84. The van der Waals surface area contributed by atoms with Crippen molar-refractivity contribution in [1.82, 2.24) is 0 Å². The van der Waals surface area contributed by atoms with E-state index < -0.39 is 0 Å². The van der Waals surface area contributed by atoms with Crippen LogP contribution in [0.25, 0.3) is 0 Å². The van der Waals surface area contributed by atoms with E-state index in [0.717, 1.165) is 5.56 Å². The van der Waals surface area contributed by atoms with Gasteiger partial charge in [-0.2, -0.15) is 0 Å². The van der Waals surface area contributed by atoms with Crippen molar-refractivity contribution in [3.63, 3.8) is 0 Å². The summed E-state index contributed by atoms with van der Waals surface area (Å²) in [5, 5.41) is 0. The van der Waals surface area contributed by atoms with Gasteiger partial charge >= 0.3 is 5.97 Å². The summed E-state index contributed by atoms with van der Waals surface area (Å²) in [6.07, 6.45) is 0.305. The molecule has 0 radical (unpaired) electrons. The van der Waals surface area contributed by atoms with Crippen LogP contribution >= 0.6 is 0 Å². The Hall–Kier alpha value is -1.39. The van der Waals surface area contributed by atoms with Gasteiger partial charge in [-0.05, 0) is 12.5 Å². The minimum Gasteiger partial charge on any atom is -0.463 e. The Labute approximate surface area is 108 Å². The van der Waals surface area contributed by atoms with Crippen molar-refractivity contribution in [2.24, 2.45) is 0 Å². The van der Waals surface area contributed by atoms with Gasteiger partial charge in [0.25, 0.3) is 0 Å². The lowest BCUT2D eigenvalue weighted by atomic mass is 10.2. The second-order valence-electron chi connectivity index (χ2n) is 3.69. The zero-order valence-electron chi connectivity index (χ0n) is 10.8. The molecule has 0 atom stereocenters. The quantitative estimate of drug-likeness (QED) is 0.497. The van der Waals surface area contributed by atoms with E-state index in [4.69, 9.17) is 14.2 Å². The molecule has 4 heteroatoms. The zero-order valence-corrected chi connectivity index (χ0v) is 10.8. The third-order valence-electron chi connectivity index (χ3n) is 2.26. The lowest BCUT2D eigenvalue weighted by Crippen LogP contribution is -2.14. The molecule has 0 amide bonds. The number of esters is 1. The van der Waals surface area contributed by atoms with Gasteiger partial charge in [0.15, 0.2) is 0 Å². The maximum absolute atomic E-state index is 11.4. The summed E-state index contributed by atoms with van der Waals surface area (Å²) >= 11 is 0. The zero-order chi connectivity index (χ0) is 13.1. The molecule has 0 aromatic heterocycles. The molecule has 0 saturated carbocycles. The van der Waals surface area contributed by atoms with Gasteiger partial charge in [0.2, 0.25) is 0 Å². The first-order chi connectivity index (χ1) is 8.83. The first-order valence-corrected chi connectivity index (χ1v) is 6.18. The van der Waals surface area contributed by atoms with Crippen molar-refractivity contribution in [2.75, 3.05) is 33.0 Å². The van der Waals surface area contributed by atoms with Crippen molar-refractivity contribution in [2.45, 2.75) is 13.3 Å². The summed E-state index contributed by atoms with van der Waals surface area (Å²) in [5.74, 6) is -0.227. The maximum Gasteiger partial charge on any atom is 0.310 e. The van der Waals surface area contributed by atoms with Gasteiger partial charge in [-0.25, -0.2) is 0 Å². The summed E-state index contributed by atoms with van der Waals surface area (Å²) in [6, 6.07) is 9.53. The summed E-state index contributed by atoms with van der Waals surface area (Å²) < 4.78 is 15.4. The van der Waals surface area contributed by atoms with E-state index in [2.05, 4.69) is 0 Å². The molecule has 0 aliphatic carbocycles. The molecule has 0 N–H and O–H groups in total. The van der Waals surface area contributed by atoms with Gasteiger partial charge < -0.3 is 14.2 Å². The van der Waals surface area contributed by atoms with Crippen LogP contribution in [-0.2, 0) is 25.4 Å². The van der Waals surface area contributed by atoms with E-state index in [0.29, 0.717) is 32.8 Å². The van der Waals surface area contributed by atoms with Crippen molar-refractivity contribution < 1.29 is 19.0 Å². The molecule has 0 aliphatic rings. The predicted octanol–water partition coefficient (Wildman–Crippen LogP) is 1.83. The van der Waals surface area contributed by atoms with Gasteiger partial charge in [0, 0.05) is 6.61 Å². The van der Waals surface area contributed by atoms with Crippen LogP contribution in [0.15, 0.2) is 30.3 Å². The fourth-order valence-electron chi connectivity index (χ4n) is 1.39. The molecule has 0 saturated heterocycles. The highest BCUT2D eigenvalue weighted by Gasteiger charge is 2.03. The van der Waals surface area contributed by atoms with Crippen molar-refractivity contribution in [3.05, 3.63) is 35.9 Å².